The van der Waals surface area contributed by atoms with Gasteiger partial charge in [0.15, 0.2) is 0 Å². The lowest BCUT2D eigenvalue weighted by atomic mass is 9.62. The first kappa shape index (κ1) is 17.1. The van der Waals surface area contributed by atoms with Gasteiger partial charge in [0.25, 0.3) is 0 Å². The zero-order valence-corrected chi connectivity index (χ0v) is 14.8. The van der Waals surface area contributed by atoms with Gasteiger partial charge in [-0.05, 0) is 30.1 Å². The number of imide groups is 2. The van der Waals surface area contributed by atoms with Crippen LogP contribution >= 0.6 is 0 Å². The average Bonchev–Trinajstić information content (AvgIpc) is 2.93. The summed E-state index contributed by atoms with van der Waals surface area (Å²) in [6.45, 7) is 6.73. The summed E-state index contributed by atoms with van der Waals surface area (Å²) in [4.78, 5) is 51.1. The summed E-state index contributed by atoms with van der Waals surface area (Å²) in [6, 6.07) is -0.131. The molecule has 2 aliphatic heterocycles. The Kier molecular flexibility index (Phi) is 4.04. The van der Waals surface area contributed by atoms with Crippen LogP contribution in [-0.4, -0.2) is 46.0 Å². The topological polar surface area (TPSA) is 74.8 Å². The normalized spacial score (nSPS) is 33.7. The van der Waals surface area contributed by atoms with Crippen LogP contribution in [0.1, 0.15) is 65.7 Å². The molecule has 6 nitrogen and oxygen atoms in total. The number of hydrogen-bond donors (Lipinski definition) is 0. The molecule has 0 spiro atoms. The molecule has 1 saturated carbocycles. The SMILES string of the molecule is CC1(C)CC(N2C(=O)CCC2=O)CC(C)(CN2C(=O)CCC2=O)C1. The first-order valence-electron chi connectivity index (χ1n) is 8.78. The molecule has 0 aromatic heterocycles. The second-order valence-corrected chi connectivity index (χ2v) is 8.74. The van der Waals surface area contributed by atoms with E-state index >= 15 is 0 Å². The molecule has 1 aliphatic carbocycles. The van der Waals surface area contributed by atoms with Crippen LogP contribution in [0.5, 0.6) is 0 Å². The lowest BCUT2D eigenvalue weighted by Crippen LogP contribution is -2.52. The van der Waals surface area contributed by atoms with Crippen molar-refractivity contribution >= 4 is 23.6 Å². The maximum atomic E-state index is 12.1. The van der Waals surface area contributed by atoms with E-state index in [1.165, 1.54) is 9.80 Å². The van der Waals surface area contributed by atoms with E-state index in [9.17, 15) is 19.2 Å². The maximum Gasteiger partial charge on any atom is 0.229 e. The minimum atomic E-state index is -0.273. The molecule has 4 amide bonds. The molecule has 0 aromatic rings. The summed E-state index contributed by atoms with van der Waals surface area (Å²) in [5, 5.41) is 0. The van der Waals surface area contributed by atoms with E-state index in [0.29, 0.717) is 38.6 Å². The molecule has 2 atom stereocenters. The van der Waals surface area contributed by atoms with Gasteiger partial charge in [0.2, 0.25) is 23.6 Å². The molecular formula is C18H26N2O4. The second kappa shape index (κ2) is 5.67. The van der Waals surface area contributed by atoms with E-state index in [2.05, 4.69) is 20.8 Å². The zero-order valence-electron chi connectivity index (χ0n) is 14.8. The van der Waals surface area contributed by atoms with Crippen molar-refractivity contribution < 1.29 is 19.2 Å². The molecule has 2 saturated heterocycles. The lowest BCUT2D eigenvalue weighted by Gasteiger charge is -2.49. The van der Waals surface area contributed by atoms with Crippen molar-refractivity contribution in [2.24, 2.45) is 10.8 Å². The van der Waals surface area contributed by atoms with Gasteiger partial charge in [-0.25, -0.2) is 0 Å². The van der Waals surface area contributed by atoms with Crippen molar-refractivity contribution in [2.75, 3.05) is 6.54 Å². The van der Waals surface area contributed by atoms with E-state index in [1.54, 1.807) is 0 Å². The fourth-order valence-corrected chi connectivity index (χ4v) is 5.06. The number of nitrogens with zero attached hydrogens (tertiary/aromatic N) is 2. The van der Waals surface area contributed by atoms with Crippen LogP contribution < -0.4 is 0 Å². The van der Waals surface area contributed by atoms with Crippen LogP contribution in [0.25, 0.3) is 0 Å². The van der Waals surface area contributed by atoms with E-state index in [4.69, 9.17) is 0 Å². The maximum absolute atomic E-state index is 12.1. The summed E-state index contributed by atoms with van der Waals surface area (Å²) < 4.78 is 0. The molecule has 132 valence electrons. The van der Waals surface area contributed by atoms with Crippen molar-refractivity contribution in [1.82, 2.24) is 9.80 Å². The molecule has 3 aliphatic rings. The number of rotatable bonds is 3. The van der Waals surface area contributed by atoms with Gasteiger partial charge in [0, 0.05) is 38.3 Å². The van der Waals surface area contributed by atoms with Gasteiger partial charge in [-0.1, -0.05) is 20.8 Å². The van der Waals surface area contributed by atoms with E-state index in [1.807, 2.05) is 0 Å². The standard InChI is InChI=1S/C18H26N2O4/c1-17(2)8-12(20-15(23)6-7-16(20)24)9-18(3,10-17)11-19-13(21)4-5-14(19)22/h12H,4-11H2,1-3H3. The highest BCUT2D eigenvalue weighted by Crippen LogP contribution is 2.48. The van der Waals surface area contributed by atoms with Crippen LogP contribution in [0.3, 0.4) is 0 Å². The molecule has 0 aromatic carbocycles. The summed E-state index contributed by atoms with van der Waals surface area (Å²) in [5.41, 5.74) is -0.322. The smallest absolute Gasteiger partial charge is 0.229 e. The Morgan fingerprint density at radius 1 is 0.833 bits per heavy atom. The molecule has 24 heavy (non-hydrogen) atoms. The van der Waals surface area contributed by atoms with Crippen LogP contribution in [0, 0.1) is 10.8 Å². The highest BCUT2D eigenvalue weighted by molar-refractivity contribution is 6.02. The second-order valence-electron chi connectivity index (χ2n) is 8.74. The first-order chi connectivity index (χ1) is 11.1. The summed E-state index contributed by atoms with van der Waals surface area (Å²) in [7, 11) is 0. The quantitative estimate of drug-likeness (QED) is 0.739. The van der Waals surface area contributed by atoms with Crippen molar-refractivity contribution in [3.8, 4) is 0 Å². The average molecular weight is 334 g/mol. The zero-order chi connectivity index (χ0) is 17.7. The Morgan fingerprint density at radius 3 is 1.88 bits per heavy atom. The molecule has 0 radical (unpaired) electrons. The van der Waals surface area contributed by atoms with Gasteiger partial charge >= 0.3 is 0 Å². The van der Waals surface area contributed by atoms with E-state index in [0.717, 1.165) is 12.8 Å². The van der Waals surface area contributed by atoms with Crippen LogP contribution in [0.4, 0.5) is 0 Å². The molecular weight excluding hydrogens is 308 g/mol. The highest BCUT2D eigenvalue weighted by Gasteiger charge is 2.48. The summed E-state index contributed by atoms with van der Waals surface area (Å²) in [6.07, 6.45) is 3.50. The molecule has 6 heteroatoms. The first-order valence-corrected chi connectivity index (χ1v) is 8.78. The number of carbonyl (C=O) groups excluding carboxylic acids is 4. The van der Waals surface area contributed by atoms with Crippen molar-refractivity contribution in [1.29, 1.82) is 0 Å². The van der Waals surface area contributed by atoms with Gasteiger partial charge in [-0.3, -0.25) is 29.0 Å². The van der Waals surface area contributed by atoms with Crippen LogP contribution in [-0.2, 0) is 19.2 Å². The lowest BCUT2D eigenvalue weighted by molar-refractivity contribution is -0.148. The predicted octanol–water partition coefficient (Wildman–Crippen LogP) is 1.87. The van der Waals surface area contributed by atoms with Gasteiger partial charge in [0.05, 0.1) is 0 Å². The van der Waals surface area contributed by atoms with Gasteiger partial charge in [-0.2, -0.15) is 0 Å². The molecule has 3 rings (SSSR count). The number of likely N-dealkylation sites (tertiary alicyclic amines) is 2. The Labute approximate surface area is 142 Å². The largest absolute Gasteiger partial charge is 0.282 e. The fourth-order valence-electron chi connectivity index (χ4n) is 5.06. The molecule has 2 unspecified atom stereocenters. The molecule has 2 heterocycles. The monoisotopic (exact) mass is 334 g/mol. The van der Waals surface area contributed by atoms with Gasteiger partial charge in [0.1, 0.15) is 0 Å². The Morgan fingerprint density at radius 2 is 1.33 bits per heavy atom. The number of amides is 4. The third kappa shape index (κ3) is 3.10. The Bertz CT molecular complexity index is 580. The Balaban J connectivity index is 1.82. The van der Waals surface area contributed by atoms with E-state index in [-0.39, 0.29) is 40.5 Å². The summed E-state index contributed by atoms with van der Waals surface area (Å²) in [5.74, 6) is -0.374. The fraction of sp³-hybridized carbons (Fsp3) is 0.778. The van der Waals surface area contributed by atoms with Crippen molar-refractivity contribution in [2.45, 2.75) is 71.8 Å². The Hall–Kier alpha value is -1.72. The summed E-state index contributed by atoms with van der Waals surface area (Å²) >= 11 is 0. The van der Waals surface area contributed by atoms with Crippen LogP contribution in [0.2, 0.25) is 0 Å². The minimum Gasteiger partial charge on any atom is -0.282 e. The molecule has 3 fully saturated rings. The van der Waals surface area contributed by atoms with Gasteiger partial charge < -0.3 is 0 Å². The molecule has 0 N–H and O–H groups in total. The van der Waals surface area contributed by atoms with Crippen molar-refractivity contribution in [3.63, 3.8) is 0 Å². The third-order valence-electron chi connectivity index (χ3n) is 5.57. The third-order valence-corrected chi connectivity index (χ3v) is 5.57. The van der Waals surface area contributed by atoms with Crippen molar-refractivity contribution in [3.05, 3.63) is 0 Å². The van der Waals surface area contributed by atoms with E-state index < -0.39 is 0 Å². The number of hydrogen-bond acceptors (Lipinski definition) is 4. The molecule has 0 bridgehead atoms. The predicted molar refractivity (Wildman–Crippen MR) is 86.6 cm³/mol. The minimum absolute atomic E-state index is 0.0490. The highest BCUT2D eigenvalue weighted by atomic mass is 16.2. The van der Waals surface area contributed by atoms with Crippen LogP contribution in [0.15, 0.2) is 0 Å². The van der Waals surface area contributed by atoms with Gasteiger partial charge in [-0.15, -0.1) is 0 Å². The number of carbonyl (C=O) groups is 4.